The van der Waals surface area contributed by atoms with Crippen LogP contribution in [-0.4, -0.2) is 29.3 Å². The van der Waals surface area contributed by atoms with E-state index in [9.17, 15) is 30.3 Å². The van der Waals surface area contributed by atoms with Crippen LogP contribution in [0.2, 0.25) is 0 Å². The Balaban J connectivity index is 2.80. The molecule has 0 N–H and O–H groups in total. The second kappa shape index (κ2) is 4.68. The van der Waals surface area contributed by atoms with Gasteiger partial charge in [0.25, 0.3) is 0 Å². The molecule has 0 unspecified atom stereocenters. The fourth-order valence-electron chi connectivity index (χ4n) is 1.45. The summed E-state index contributed by atoms with van der Waals surface area (Å²) in [6.07, 6.45) is 3.68. The standard InChI is InChI=1S/C8H4N6O6/c15-12(16)5-3-6(13(17)18)8(14(19)20)10-7(5)11-2-1-9-4-11/h1-4H. The van der Waals surface area contributed by atoms with Crippen LogP contribution < -0.4 is 0 Å². The summed E-state index contributed by atoms with van der Waals surface area (Å²) in [5, 5.41) is 32.4. The lowest BCUT2D eigenvalue weighted by Gasteiger charge is -2.00. The van der Waals surface area contributed by atoms with Gasteiger partial charge in [0.15, 0.2) is 0 Å². The van der Waals surface area contributed by atoms with Gasteiger partial charge in [-0.3, -0.25) is 24.8 Å². The summed E-state index contributed by atoms with van der Waals surface area (Å²) in [5.41, 5.74) is -1.79. The fourth-order valence-corrected chi connectivity index (χ4v) is 1.45. The molecule has 0 fully saturated rings. The van der Waals surface area contributed by atoms with Crippen LogP contribution in [-0.2, 0) is 0 Å². The van der Waals surface area contributed by atoms with Crippen molar-refractivity contribution in [3.05, 3.63) is 55.1 Å². The van der Waals surface area contributed by atoms with Crippen molar-refractivity contribution in [3.8, 4) is 5.82 Å². The number of rotatable bonds is 4. The molecule has 0 amide bonds. The minimum Gasteiger partial charge on any atom is -0.358 e. The molecule has 2 aromatic rings. The smallest absolute Gasteiger partial charge is 0.358 e. The molecule has 0 bridgehead atoms. The Hall–Kier alpha value is -3.44. The largest absolute Gasteiger partial charge is 0.445 e. The number of aromatic nitrogens is 3. The molecule has 0 aromatic carbocycles. The maximum absolute atomic E-state index is 10.9. The highest BCUT2D eigenvalue weighted by Gasteiger charge is 2.35. The van der Waals surface area contributed by atoms with Crippen LogP contribution in [0.5, 0.6) is 0 Å². The SMILES string of the molecule is O=[N+]([O-])c1cc([N+](=O)[O-])c([N+](=O)[O-])nc1-n1ccnc1. The Kier molecular flexibility index (Phi) is 3.04. The first kappa shape index (κ1) is 13.0. The minimum absolute atomic E-state index is 0.426. The lowest BCUT2D eigenvalue weighted by molar-refractivity contribution is -0.427. The Labute approximate surface area is 108 Å². The van der Waals surface area contributed by atoms with Crippen LogP contribution in [0.4, 0.5) is 17.2 Å². The predicted molar refractivity (Wildman–Crippen MR) is 61.3 cm³/mol. The fraction of sp³-hybridized carbons (Fsp3) is 0. The molecule has 0 saturated carbocycles. The zero-order chi connectivity index (χ0) is 14.9. The Bertz CT molecular complexity index is 710. The zero-order valence-electron chi connectivity index (χ0n) is 9.44. The highest BCUT2D eigenvalue weighted by Crippen LogP contribution is 2.32. The first-order valence-corrected chi connectivity index (χ1v) is 4.88. The predicted octanol–water partition coefficient (Wildman–Crippen LogP) is 0.992. The van der Waals surface area contributed by atoms with Crippen molar-refractivity contribution < 1.29 is 14.8 Å². The van der Waals surface area contributed by atoms with E-state index in [1.807, 2.05) is 0 Å². The normalized spacial score (nSPS) is 10.2. The molecular formula is C8H4N6O6. The highest BCUT2D eigenvalue weighted by atomic mass is 16.6. The molecular weight excluding hydrogens is 276 g/mol. The van der Waals surface area contributed by atoms with Crippen molar-refractivity contribution in [1.29, 1.82) is 0 Å². The van der Waals surface area contributed by atoms with Gasteiger partial charge < -0.3 is 10.1 Å². The molecule has 12 nitrogen and oxygen atoms in total. The number of nitro groups is 3. The summed E-state index contributed by atoms with van der Waals surface area (Å²) in [6.45, 7) is 0. The average Bonchev–Trinajstić information content (AvgIpc) is 2.90. The first-order chi connectivity index (χ1) is 9.41. The second-order valence-electron chi connectivity index (χ2n) is 3.42. The van der Waals surface area contributed by atoms with E-state index in [2.05, 4.69) is 9.97 Å². The lowest BCUT2D eigenvalue weighted by atomic mass is 10.3. The summed E-state index contributed by atoms with van der Waals surface area (Å²) >= 11 is 0. The lowest BCUT2D eigenvalue weighted by Crippen LogP contribution is -2.07. The van der Waals surface area contributed by atoms with Crippen molar-refractivity contribution in [2.45, 2.75) is 0 Å². The zero-order valence-corrected chi connectivity index (χ0v) is 9.44. The van der Waals surface area contributed by atoms with Crippen molar-refractivity contribution in [1.82, 2.24) is 14.5 Å². The number of nitrogens with zero attached hydrogens (tertiary/aromatic N) is 6. The van der Waals surface area contributed by atoms with Gasteiger partial charge in [0.1, 0.15) is 12.4 Å². The van der Waals surface area contributed by atoms with Crippen molar-refractivity contribution in [2.24, 2.45) is 0 Å². The van der Waals surface area contributed by atoms with Crippen LogP contribution in [0, 0.1) is 30.3 Å². The van der Waals surface area contributed by atoms with E-state index < -0.39 is 37.8 Å². The molecule has 0 aliphatic rings. The first-order valence-electron chi connectivity index (χ1n) is 4.88. The van der Waals surface area contributed by atoms with E-state index >= 15 is 0 Å². The van der Waals surface area contributed by atoms with E-state index in [0.29, 0.717) is 6.07 Å². The van der Waals surface area contributed by atoms with Crippen molar-refractivity contribution >= 4 is 17.2 Å². The van der Waals surface area contributed by atoms with Gasteiger partial charge in [0.2, 0.25) is 0 Å². The molecule has 0 aliphatic carbocycles. The number of imidazole rings is 1. The second-order valence-corrected chi connectivity index (χ2v) is 3.42. The average molecular weight is 280 g/mol. The number of pyridine rings is 1. The van der Waals surface area contributed by atoms with Crippen LogP contribution in [0.25, 0.3) is 5.82 Å². The summed E-state index contributed by atoms with van der Waals surface area (Å²) in [7, 11) is 0. The van der Waals surface area contributed by atoms with E-state index in [1.54, 1.807) is 0 Å². The van der Waals surface area contributed by atoms with Gasteiger partial charge in [0, 0.05) is 12.4 Å². The molecule has 0 saturated heterocycles. The molecule has 0 radical (unpaired) electrons. The Morgan fingerprint density at radius 1 is 1.00 bits per heavy atom. The number of hydrogen-bond donors (Lipinski definition) is 0. The van der Waals surface area contributed by atoms with Crippen LogP contribution in [0.3, 0.4) is 0 Å². The molecule has 0 spiro atoms. The van der Waals surface area contributed by atoms with E-state index in [-0.39, 0.29) is 0 Å². The maximum Gasteiger partial charge on any atom is 0.445 e. The Morgan fingerprint density at radius 3 is 2.10 bits per heavy atom. The topological polar surface area (TPSA) is 160 Å². The molecule has 2 heterocycles. The molecule has 2 aromatic heterocycles. The summed E-state index contributed by atoms with van der Waals surface area (Å²) in [5.74, 6) is -1.51. The third kappa shape index (κ3) is 2.12. The van der Waals surface area contributed by atoms with Crippen LogP contribution in [0.15, 0.2) is 24.8 Å². The molecule has 20 heavy (non-hydrogen) atoms. The minimum atomic E-state index is -1.10. The van der Waals surface area contributed by atoms with Gasteiger partial charge in [-0.05, 0) is 9.91 Å². The third-order valence-corrected chi connectivity index (χ3v) is 2.26. The van der Waals surface area contributed by atoms with E-state index in [1.165, 1.54) is 12.4 Å². The van der Waals surface area contributed by atoms with Crippen molar-refractivity contribution in [2.75, 3.05) is 0 Å². The highest BCUT2D eigenvalue weighted by molar-refractivity contribution is 5.60. The van der Waals surface area contributed by atoms with Crippen molar-refractivity contribution in [3.63, 3.8) is 0 Å². The van der Waals surface area contributed by atoms with Gasteiger partial charge >= 0.3 is 23.0 Å². The maximum atomic E-state index is 10.9. The monoisotopic (exact) mass is 280 g/mol. The van der Waals surface area contributed by atoms with Gasteiger partial charge in [-0.1, -0.05) is 0 Å². The Morgan fingerprint density at radius 2 is 1.65 bits per heavy atom. The van der Waals surface area contributed by atoms with Gasteiger partial charge in [-0.2, -0.15) is 0 Å². The summed E-state index contributed by atoms with van der Waals surface area (Å²) in [4.78, 5) is 36.3. The summed E-state index contributed by atoms with van der Waals surface area (Å²) < 4.78 is 1.05. The van der Waals surface area contributed by atoms with E-state index in [0.717, 1.165) is 10.9 Å². The third-order valence-electron chi connectivity index (χ3n) is 2.26. The van der Waals surface area contributed by atoms with Crippen LogP contribution in [0.1, 0.15) is 0 Å². The van der Waals surface area contributed by atoms with Gasteiger partial charge in [0.05, 0.1) is 9.85 Å². The van der Waals surface area contributed by atoms with Gasteiger partial charge in [-0.15, -0.1) is 0 Å². The van der Waals surface area contributed by atoms with E-state index in [4.69, 9.17) is 0 Å². The number of hydrogen-bond acceptors (Lipinski definition) is 8. The molecule has 12 heteroatoms. The molecule has 0 aliphatic heterocycles. The molecule has 0 atom stereocenters. The molecule has 102 valence electrons. The van der Waals surface area contributed by atoms with Gasteiger partial charge in [-0.25, -0.2) is 4.98 Å². The summed E-state index contributed by atoms with van der Waals surface area (Å²) in [6, 6.07) is 0.500. The quantitative estimate of drug-likeness (QED) is 0.591. The van der Waals surface area contributed by atoms with Crippen LogP contribution >= 0.6 is 0 Å². The molecule has 2 rings (SSSR count).